The van der Waals surface area contributed by atoms with Gasteiger partial charge in [-0.15, -0.1) is 0 Å². The molecule has 2 aromatic carbocycles. The molecule has 29 heavy (non-hydrogen) atoms. The van der Waals surface area contributed by atoms with E-state index in [0.29, 0.717) is 5.69 Å². The fourth-order valence-electron chi connectivity index (χ4n) is 3.96. The molecular formula is C26H30N2O. The Hall–Kier alpha value is -2.81. The summed E-state index contributed by atoms with van der Waals surface area (Å²) in [4.78, 5) is 15.8. The summed E-state index contributed by atoms with van der Waals surface area (Å²) in [5.41, 5.74) is 6.29. The molecular weight excluding hydrogens is 356 g/mol. The largest absolute Gasteiger partial charge is 0.325 e. The van der Waals surface area contributed by atoms with E-state index < -0.39 is 0 Å². The molecule has 2 aromatic heterocycles. The third-order valence-corrected chi connectivity index (χ3v) is 5.77. The van der Waals surface area contributed by atoms with Gasteiger partial charge in [0.25, 0.3) is 5.56 Å². The van der Waals surface area contributed by atoms with Gasteiger partial charge in [-0.25, -0.2) is 0 Å². The zero-order chi connectivity index (χ0) is 21.1. The van der Waals surface area contributed by atoms with E-state index in [0.717, 1.165) is 16.7 Å². The van der Waals surface area contributed by atoms with E-state index in [1.165, 1.54) is 21.9 Å². The molecule has 0 amide bonds. The first-order valence-corrected chi connectivity index (χ1v) is 10.3. The minimum absolute atomic E-state index is 0.0611. The normalized spacial score (nSPS) is 12.8. The number of aromatic amines is 1. The first-order valence-electron chi connectivity index (χ1n) is 10.3. The highest BCUT2D eigenvalue weighted by Crippen LogP contribution is 2.36. The zero-order valence-corrected chi connectivity index (χ0v) is 18.5. The van der Waals surface area contributed by atoms with Crippen LogP contribution in [-0.2, 0) is 10.8 Å². The molecule has 0 unspecified atom stereocenters. The second-order valence-corrected chi connectivity index (χ2v) is 10.2. The summed E-state index contributed by atoms with van der Waals surface area (Å²) < 4.78 is 2.10. The molecule has 0 aliphatic heterocycles. The van der Waals surface area contributed by atoms with Crippen LogP contribution < -0.4 is 5.56 Å². The highest BCUT2D eigenvalue weighted by atomic mass is 16.1. The van der Waals surface area contributed by atoms with Crippen LogP contribution >= 0.6 is 0 Å². The first kappa shape index (κ1) is 19.5. The summed E-state index contributed by atoms with van der Waals surface area (Å²) in [5, 5.41) is 2.39. The van der Waals surface area contributed by atoms with Crippen LogP contribution in [-0.4, -0.2) is 9.55 Å². The molecule has 0 aliphatic carbocycles. The first-order chi connectivity index (χ1) is 13.5. The summed E-state index contributed by atoms with van der Waals surface area (Å²) in [6.07, 6.45) is 0. The van der Waals surface area contributed by atoms with E-state index >= 15 is 0 Å². The Morgan fingerprint density at radius 2 is 1.21 bits per heavy atom. The SMILES string of the molecule is Cc1ccc(-n2c3ccc(C(C)(C)C)cc3c3cc(C(C)(C)C)ccc32)c(=O)[nH]1. The lowest BCUT2D eigenvalue weighted by atomic mass is 9.85. The van der Waals surface area contributed by atoms with E-state index in [-0.39, 0.29) is 16.4 Å². The van der Waals surface area contributed by atoms with Crippen molar-refractivity contribution in [3.63, 3.8) is 0 Å². The van der Waals surface area contributed by atoms with Crippen LogP contribution in [0, 0.1) is 6.92 Å². The Labute approximate surface area is 172 Å². The van der Waals surface area contributed by atoms with Gasteiger partial charge in [-0.2, -0.15) is 0 Å². The molecule has 2 heterocycles. The molecule has 0 saturated heterocycles. The fourth-order valence-corrected chi connectivity index (χ4v) is 3.96. The van der Waals surface area contributed by atoms with Gasteiger partial charge in [0.15, 0.2) is 0 Å². The average molecular weight is 387 g/mol. The molecule has 0 radical (unpaired) electrons. The lowest BCUT2D eigenvalue weighted by Gasteiger charge is -2.19. The summed E-state index contributed by atoms with van der Waals surface area (Å²) >= 11 is 0. The predicted molar refractivity (Wildman–Crippen MR) is 124 cm³/mol. The van der Waals surface area contributed by atoms with Gasteiger partial charge in [0.1, 0.15) is 5.69 Å². The molecule has 3 nitrogen and oxygen atoms in total. The third kappa shape index (κ3) is 3.29. The van der Waals surface area contributed by atoms with Crippen molar-refractivity contribution in [2.75, 3.05) is 0 Å². The lowest BCUT2D eigenvalue weighted by molar-refractivity contribution is 0.590. The van der Waals surface area contributed by atoms with Gasteiger partial charge < -0.3 is 9.55 Å². The van der Waals surface area contributed by atoms with Crippen molar-refractivity contribution < 1.29 is 0 Å². The van der Waals surface area contributed by atoms with Crippen molar-refractivity contribution >= 4 is 21.8 Å². The molecule has 0 aliphatic rings. The number of aromatic nitrogens is 2. The van der Waals surface area contributed by atoms with Crippen molar-refractivity contribution in [1.29, 1.82) is 0 Å². The Morgan fingerprint density at radius 1 is 0.724 bits per heavy atom. The molecule has 0 saturated carbocycles. The number of benzene rings is 2. The third-order valence-electron chi connectivity index (χ3n) is 5.77. The number of nitrogens with one attached hydrogen (secondary N) is 1. The number of hydrogen-bond donors (Lipinski definition) is 1. The van der Waals surface area contributed by atoms with Crippen LogP contribution in [0.15, 0.2) is 53.3 Å². The molecule has 3 heteroatoms. The predicted octanol–water partition coefficient (Wildman–Crippen LogP) is 6.38. The van der Waals surface area contributed by atoms with Crippen LogP contribution in [0.5, 0.6) is 0 Å². The van der Waals surface area contributed by atoms with Gasteiger partial charge in [0, 0.05) is 16.5 Å². The van der Waals surface area contributed by atoms with Crippen molar-refractivity contribution in [2.45, 2.75) is 59.3 Å². The van der Waals surface area contributed by atoms with Gasteiger partial charge in [-0.1, -0.05) is 53.7 Å². The topological polar surface area (TPSA) is 37.8 Å². The summed E-state index contributed by atoms with van der Waals surface area (Å²) in [6.45, 7) is 15.3. The monoisotopic (exact) mass is 386 g/mol. The van der Waals surface area contributed by atoms with Crippen molar-refractivity contribution in [3.05, 3.63) is 75.7 Å². The van der Waals surface area contributed by atoms with Gasteiger partial charge in [0.2, 0.25) is 0 Å². The minimum atomic E-state index is -0.0661. The van der Waals surface area contributed by atoms with E-state index in [2.05, 4.69) is 87.5 Å². The number of rotatable bonds is 1. The zero-order valence-electron chi connectivity index (χ0n) is 18.5. The molecule has 0 bridgehead atoms. The average Bonchev–Trinajstić information content (AvgIpc) is 2.93. The fraction of sp³-hybridized carbons (Fsp3) is 0.346. The van der Waals surface area contributed by atoms with Crippen molar-refractivity contribution in [3.8, 4) is 5.69 Å². The van der Waals surface area contributed by atoms with Crippen molar-refractivity contribution in [1.82, 2.24) is 9.55 Å². The molecule has 0 atom stereocenters. The summed E-state index contributed by atoms with van der Waals surface area (Å²) in [7, 11) is 0. The van der Waals surface area contributed by atoms with Crippen LogP contribution in [0.4, 0.5) is 0 Å². The molecule has 0 fully saturated rings. The van der Waals surface area contributed by atoms with Crippen LogP contribution in [0.3, 0.4) is 0 Å². The number of hydrogen-bond acceptors (Lipinski definition) is 1. The molecule has 4 aromatic rings. The number of fused-ring (bicyclic) bond motifs is 3. The second-order valence-electron chi connectivity index (χ2n) is 10.2. The van der Waals surface area contributed by atoms with Gasteiger partial charge >= 0.3 is 0 Å². The summed E-state index contributed by atoms with van der Waals surface area (Å²) in [5.74, 6) is 0. The number of H-pyrrole nitrogens is 1. The van der Waals surface area contributed by atoms with E-state index in [9.17, 15) is 4.79 Å². The number of aryl methyl sites for hydroxylation is 1. The quantitative estimate of drug-likeness (QED) is 0.405. The maximum absolute atomic E-state index is 12.8. The standard InChI is InChI=1S/C26H30N2O/c1-16-8-11-23(24(29)27-16)28-21-12-9-17(25(2,3)4)14-19(21)20-15-18(26(5,6)7)10-13-22(20)28/h8-15H,1-7H3,(H,27,29). The molecule has 0 spiro atoms. The van der Waals surface area contributed by atoms with Gasteiger partial charge in [-0.05, 0) is 65.3 Å². The maximum atomic E-state index is 12.8. The van der Waals surface area contributed by atoms with Crippen LogP contribution in [0.1, 0.15) is 58.4 Å². The number of pyridine rings is 1. The Kier molecular flexibility index (Phi) is 4.27. The van der Waals surface area contributed by atoms with Gasteiger partial charge in [-0.3, -0.25) is 4.79 Å². The molecule has 150 valence electrons. The Morgan fingerprint density at radius 3 is 1.62 bits per heavy atom. The van der Waals surface area contributed by atoms with Crippen molar-refractivity contribution in [2.24, 2.45) is 0 Å². The highest BCUT2D eigenvalue weighted by molar-refractivity contribution is 6.09. The highest BCUT2D eigenvalue weighted by Gasteiger charge is 2.21. The van der Waals surface area contributed by atoms with Gasteiger partial charge in [0.05, 0.1) is 11.0 Å². The summed E-state index contributed by atoms with van der Waals surface area (Å²) in [6, 6.07) is 17.2. The molecule has 4 rings (SSSR count). The van der Waals surface area contributed by atoms with E-state index in [4.69, 9.17) is 0 Å². The lowest BCUT2D eigenvalue weighted by Crippen LogP contribution is -2.15. The smallest absolute Gasteiger partial charge is 0.272 e. The maximum Gasteiger partial charge on any atom is 0.272 e. The Balaban J connectivity index is 2.16. The minimum Gasteiger partial charge on any atom is -0.325 e. The number of nitrogens with zero attached hydrogens (tertiary/aromatic N) is 1. The second kappa shape index (κ2) is 6.35. The van der Waals surface area contributed by atoms with E-state index in [1.807, 2.05) is 19.1 Å². The van der Waals surface area contributed by atoms with E-state index in [1.54, 1.807) is 0 Å². The molecule has 1 N–H and O–H groups in total. The Bertz CT molecular complexity index is 1220. The van der Waals surface area contributed by atoms with Crippen LogP contribution in [0.25, 0.3) is 27.5 Å². The van der Waals surface area contributed by atoms with Crippen LogP contribution in [0.2, 0.25) is 0 Å².